The van der Waals surface area contributed by atoms with Gasteiger partial charge in [-0.25, -0.2) is 4.98 Å². The third-order valence-corrected chi connectivity index (χ3v) is 4.41. The minimum absolute atomic E-state index is 0.235. The van der Waals surface area contributed by atoms with Gasteiger partial charge in [-0.05, 0) is 35.7 Å². The van der Waals surface area contributed by atoms with Crippen LogP contribution in [0.4, 0.5) is 5.82 Å². The number of furan rings is 1. The van der Waals surface area contributed by atoms with Crippen LogP contribution >= 0.6 is 22.9 Å². The number of carbonyl (C=O) groups excluding carboxylic acids is 1. The lowest BCUT2D eigenvalue weighted by Gasteiger charge is -2.05. The largest absolute Gasteiger partial charge is 0.459 e. The molecular weight excluding hydrogens is 334 g/mol. The number of nitrogens with zero attached hydrogens (tertiary/aromatic N) is 2. The van der Waals surface area contributed by atoms with Crippen molar-refractivity contribution < 1.29 is 9.21 Å². The molecule has 0 spiro atoms. The second-order valence-corrected chi connectivity index (χ2v) is 6.18. The molecule has 114 valence electrons. The van der Waals surface area contributed by atoms with Crippen LogP contribution in [-0.4, -0.2) is 15.3 Å². The Morgan fingerprint density at radius 1 is 1.26 bits per heavy atom. The Labute approximate surface area is 140 Å². The van der Waals surface area contributed by atoms with Gasteiger partial charge in [0.05, 0.1) is 16.2 Å². The lowest BCUT2D eigenvalue weighted by Crippen LogP contribution is -2.13. The molecule has 4 rings (SSSR count). The van der Waals surface area contributed by atoms with Gasteiger partial charge in [-0.1, -0.05) is 17.7 Å². The Hall–Kier alpha value is -2.57. The zero-order chi connectivity index (χ0) is 15.8. The van der Waals surface area contributed by atoms with Crippen LogP contribution in [0, 0.1) is 0 Å². The zero-order valence-electron chi connectivity index (χ0n) is 11.7. The van der Waals surface area contributed by atoms with Crippen LogP contribution in [0.25, 0.3) is 16.2 Å². The van der Waals surface area contributed by atoms with E-state index in [4.69, 9.17) is 16.0 Å². The second kappa shape index (κ2) is 5.57. The van der Waals surface area contributed by atoms with Crippen molar-refractivity contribution in [3.8, 4) is 10.6 Å². The number of aromatic nitrogens is 2. The monoisotopic (exact) mass is 343 g/mol. The summed E-state index contributed by atoms with van der Waals surface area (Å²) in [6, 6.07) is 10.7. The van der Waals surface area contributed by atoms with Crippen molar-refractivity contribution in [1.82, 2.24) is 9.38 Å². The SMILES string of the molecule is O=C(Nc1c(-c2cccs2)nc2ccc(Cl)cn12)c1ccco1. The Morgan fingerprint density at radius 3 is 2.91 bits per heavy atom. The first-order chi connectivity index (χ1) is 11.2. The first-order valence-electron chi connectivity index (χ1n) is 6.79. The van der Waals surface area contributed by atoms with Gasteiger partial charge >= 0.3 is 0 Å². The van der Waals surface area contributed by atoms with Gasteiger partial charge in [-0.3, -0.25) is 9.20 Å². The predicted octanol–water partition coefficient (Wildman–Crippen LogP) is 4.56. The Kier molecular flexibility index (Phi) is 3.40. The molecule has 0 saturated carbocycles. The van der Waals surface area contributed by atoms with Gasteiger partial charge in [0.2, 0.25) is 0 Å². The van der Waals surface area contributed by atoms with Gasteiger partial charge < -0.3 is 9.73 Å². The lowest BCUT2D eigenvalue weighted by molar-refractivity contribution is 0.0996. The zero-order valence-corrected chi connectivity index (χ0v) is 13.3. The van der Waals surface area contributed by atoms with Gasteiger partial charge in [-0.15, -0.1) is 11.3 Å². The van der Waals surface area contributed by atoms with Gasteiger partial charge in [0.1, 0.15) is 17.2 Å². The Morgan fingerprint density at radius 2 is 2.17 bits per heavy atom. The van der Waals surface area contributed by atoms with Crippen molar-refractivity contribution in [3.05, 3.63) is 65.0 Å². The molecular formula is C16H10ClN3O2S. The number of nitrogens with one attached hydrogen (secondary N) is 1. The molecule has 23 heavy (non-hydrogen) atoms. The average molecular weight is 344 g/mol. The summed E-state index contributed by atoms with van der Waals surface area (Å²) in [4.78, 5) is 17.9. The van der Waals surface area contributed by atoms with E-state index in [1.54, 1.807) is 40.1 Å². The predicted molar refractivity (Wildman–Crippen MR) is 90.2 cm³/mol. The van der Waals surface area contributed by atoms with Crippen molar-refractivity contribution >= 4 is 40.3 Å². The standard InChI is InChI=1S/C16H10ClN3O2S/c17-10-5-6-13-18-14(12-4-2-8-23-12)15(20(13)9-10)19-16(21)11-3-1-7-22-11/h1-9H,(H,19,21). The summed E-state index contributed by atoms with van der Waals surface area (Å²) in [5, 5.41) is 5.39. The van der Waals surface area contributed by atoms with Crippen molar-refractivity contribution in [1.29, 1.82) is 0 Å². The summed E-state index contributed by atoms with van der Waals surface area (Å²) < 4.78 is 6.91. The van der Waals surface area contributed by atoms with Gasteiger partial charge in [0.25, 0.3) is 5.91 Å². The van der Waals surface area contributed by atoms with E-state index in [0.29, 0.717) is 22.2 Å². The molecule has 0 aliphatic heterocycles. The van der Waals surface area contributed by atoms with E-state index in [0.717, 1.165) is 4.88 Å². The number of hydrogen-bond acceptors (Lipinski definition) is 4. The first kappa shape index (κ1) is 14.0. The van der Waals surface area contributed by atoms with Crippen LogP contribution in [0.2, 0.25) is 5.02 Å². The fourth-order valence-corrected chi connectivity index (χ4v) is 3.18. The molecule has 4 aromatic heterocycles. The molecule has 4 heterocycles. The molecule has 0 aliphatic carbocycles. The van der Waals surface area contributed by atoms with Crippen LogP contribution in [0.1, 0.15) is 10.6 Å². The van der Waals surface area contributed by atoms with Crippen molar-refractivity contribution in [2.24, 2.45) is 0 Å². The molecule has 1 amide bonds. The molecule has 0 aliphatic rings. The molecule has 0 unspecified atom stereocenters. The first-order valence-corrected chi connectivity index (χ1v) is 8.04. The third-order valence-electron chi connectivity index (χ3n) is 3.31. The number of thiophene rings is 1. The summed E-state index contributed by atoms with van der Waals surface area (Å²) in [7, 11) is 0. The summed E-state index contributed by atoms with van der Waals surface area (Å²) in [6.45, 7) is 0. The highest BCUT2D eigenvalue weighted by atomic mass is 35.5. The van der Waals surface area contributed by atoms with E-state index in [1.165, 1.54) is 6.26 Å². The van der Waals surface area contributed by atoms with Crippen LogP contribution in [0.15, 0.2) is 58.7 Å². The number of halogens is 1. The van der Waals surface area contributed by atoms with Crippen molar-refractivity contribution in [2.45, 2.75) is 0 Å². The van der Waals surface area contributed by atoms with E-state index in [2.05, 4.69) is 10.3 Å². The minimum Gasteiger partial charge on any atom is -0.459 e. The molecule has 0 fully saturated rings. The third kappa shape index (κ3) is 2.52. The maximum absolute atomic E-state index is 12.3. The highest BCUT2D eigenvalue weighted by Crippen LogP contribution is 2.32. The van der Waals surface area contributed by atoms with Gasteiger partial charge in [0.15, 0.2) is 5.76 Å². The molecule has 0 saturated heterocycles. The maximum Gasteiger partial charge on any atom is 0.292 e. The number of rotatable bonds is 3. The Bertz CT molecular complexity index is 975. The molecule has 0 radical (unpaired) electrons. The number of hydrogen-bond donors (Lipinski definition) is 1. The number of anilines is 1. The van der Waals surface area contributed by atoms with Gasteiger partial charge in [0, 0.05) is 6.20 Å². The number of amides is 1. The van der Waals surface area contributed by atoms with E-state index in [-0.39, 0.29) is 11.7 Å². The van der Waals surface area contributed by atoms with E-state index < -0.39 is 0 Å². The molecule has 0 aromatic carbocycles. The summed E-state index contributed by atoms with van der Waals surface area (Å²) in [5.74, 6) is 0.458. The molecule has 4 aromatic rings. The smallest absolute Gasteiger partial charge is 0.292 e. The van der Waals surface area contributed by atoms with Crippen LogP contribution in [0.3, 0.4) is 0 Å². The summed E-state index contributed by atoms with van der Waals surface area (Å²) >= 11 is 7.63. The summed E-state index contributed by atoms with van der Waals surface area (Å²) in [5.41, 5.74) is 1.40. The average Bonchev–Trinajstić information content (AvgIpc) is 3.28. The van der Waals surface area contributed by atoms with Crippen molar-refractivity contribution in [2.75, 3.05) is 5.32 Å². The maximum atomic E-state index is 12.3. The molecule has 0 bridgehead atoms. The van der Waals surface area contributed by atoms with E-state index in [9.17, 15) is 4.79 Å². The second-order valence-electron chi connectivity index (χ2n) is 4.79. The van der Waals surface area contributed by atoms with E-state index in [1.807, 2.05) is 23.6 Å². The molecule has 1 N–H and O–H groups in total. The highest BCUT2D eigenvalue weighted by Gasteiger charge is 2.19. The number of fused-ring (bicyclic) bond motifs is 1. The Balaban J connectivity index is 1.87. The fraction of sp³-hybridized carbons (Fsp3) is 0. The molecule has 5 nitrogen and oxygen atoms in total. The molecule has 7 heteroatoms. The lowest BCUT2D eigenvalue weighted by atomic mass is 10.3. The number of pyridine rings is 1. The fourth-order valence-electron chi connectivity index (χ4n) is 2.30. The van der Waals surface area contributed by atoms with Crippen molar-refractivity contribution in [3.63, 3.8) is 0 Å². The van der Waals surface area contributed by atoms with E-state index >= 15 is 0 Å². The van der Waals surface area contributed by atoms with Crippen LogP contribution in [-0.2, 0) is 0 Å². The van der Waals surface area contributed by atoms with Gasteiger partial charge in [-0.2, -0.15) is 0 Å². The highest BCUT2D eigenvalue weighted by molar-refractivity contribution is 7.13. The number of carbonyl (C=O) groups is 1. The normalized spacial score (nSPS) is 11.0. The summed E-state index contributed by atoms with van der Waals surface area (Å²) in [6.07, 6.45) is 3.18. The van der Waals surface area contributed by atoms with Crippen LogP contribution in [0.5, 0.6) is 0 Å². The number of imidazole rings is 1. The van der Waals surface area contributed by atoms with Crippen LogP contribution < -0.4 is 5.32 Å². The molecule has 0 atom stereocenters. The quantitative estimate of drug-likeness (QED) is 0.593. The topological polar surface area (TPSA) is 59.5 Å². The minimum atomic E-state index is -0.338.